The summed E-state index contributed by atoms with van der Waals surface area (Å²) in [5, 5.41) is 3.14. The lowest BCUT2D eigenvalue weighted by Gasteiger charge is -2.27. The molecule has 2 heteroatoms. The minimum absolute atomic E-state index is 0.403. The molecule has 2 nitrogen and oxygen atoms in total. The molecule has 1 aliphatic carbocycles. The lowest BCUT2D eigenvalue weighted by molar-refractivity contribution is 0.254. The molecule has 0 saturated carbocycles. The quantitative estimate of drug-likeness (QED) is 0.623. The summed E-state index contributed by atoms with van der Waals surface area (Å²) in [5.74, 6) is 0.403. The van der Waals surface area contributed by atoms with Gasteiger partial charge >= 0.3 is 0 Å². The van der Waals surface area contributed by atoms with Gasteiger partial charge in [0.15, 0.2) is 0 Å². The highest BCUT2D eigenvalue weighted by Gasteiger charge is 2.26. The van der Waals surface area contributed by atoms with Crippen LogP contribution < -0.4 is 5.32 Å². The first-order valence-electron chi connectivity index (χ1n) is 4.76. The van der Waals surface area contributed by atoms with Gasteiger partial charge in [-0.05, 0) is 22.8 Å². The molecule has 0 aromatic heterocycles. The van der Waals surface area contributed by atoms with E-state index < -0.39 is 0 Å². The van der Waals surface area contributed by atoms with Crippen LogP contribution in [0, 0.1) is 5.92 Å². The number of hydrogen-bond donors (Lipinski definition) is 1. The van der Waals surface area contributed by atoms with E-state index in [1.54, 1.807) is 0 Å². The van der Waals surface area contributed by atoms with Gasteiger partial charge in [0, 0.05) is 18.3 Å². The normalized spacial score (nSPS) is 27.4. The molecule has 0 amide bonds. The zero-order valence-corrected chi connectivity index (χ0v) is 7.73. The average Bonchev–Trinajstić information content (AvgIpc) is 2.44. The molecule has 0 saturated heterocycles. The van der Waals surface area contributed by atoms with Gasteiger partial charge in [0.25, 0.3) is 0 Å². The van der Waals surface area contributed by atoms with Crippen LogP contribution in [0.15, 0.2) is 59.7 Å². The van der Waals surface area contributed by atoms with Crippen molar-refractivity contribution in [1.82, 2.24) is 5.32 Å². The van der Waals surface area contributed by atoms with Crippen LogP contribution in [0.1, 0.15) is 0 Å². The van der Waals surface area contributed by atoms with Crippen LogP contribution in [0.2, 0.25) is 0 Å². The molecular weight excluding hydrogens is 174 g/mol. The summed E-state index contributed by atoms with van der Waals surface area (Å²) in [6.45, 7) is 0.712. The molecule has 0 aromatic rings. The summed E-state index contributed by atoms with van der Waals surface area (Å²) in [6.07, 6.45) is 14.3. The van der Waals surface area contributed by atoms with Crippen LogP contribution >= 0.6 is 0 Å². The zero-order valence-electron chi connectivity index (χ0n) is 7.73. The molecule has 3 rings (SSSR count). The largest absolute Gasteiger partial charge is 0.496 e. The third-order valence-corrected chi connectivity index (χ3v) is 2.73. The summed E-state index contributed by atoms with van der Waals surface area (Å²) in [4.78, 5) is 0. The minimum atomic E-state index is 0.403. The number of allylic oxidation sites excluding steroid dienone is 6. The average molecular weight is 185 g/mol. The van der Waals surface area contributed by atoms with E-state index in [9.17, 15) is 0 Å². The molecule has 2 heterocycles. The number of ether oxygens (including phenoxy) is 1. The van der Waals surface area contributed by atoms with Crippen LogP contribution in [-0.2, 0) is 4.74 Å². The van der Waals surface area contributed by atoms with Crippen molar-refractivity contribution in [3.63, 3.8) is 0 Å². The molecule has 1 unspecified atom stereocenters. The van der Waals surface area contributed by atoms with Gasteiger partial charge in [-0.25, -0.2) is 0 Å². The fourth-order valence-electron chi connectivity index (χ4n) is 2.09. The Labute approximate surface area is 83.0 Å². The van der Waals surface area contributed by atoms with Crippen molar-refractivity contribution in [2.75, 3.05) is 6.61 Å². The summed E-state index contributed by atoms with van der Waals surface area (Å²) < 4.78 is 5.41. The monoisotopic (exact) mass is 185 g/mol. The Balaban J connectivity index is 2.16. The van der Waals surface area contributed by atoms with E-state index in [2.05, 4.69) is 35.8 Å². The van der Waals surface area contributed by atoms with Crippen LogP contribution in [0.5, 0.6) is 0 Å². The first-order valence-corrected chi connectivity index (χ1v) is 4.76. The summed E-state index contributed by atoms with van der Waals surface area (Å²) in [7, 11) is 0. The van der Waals surface area contributed by atoms with Gasteiger partial charge in [0.1, 0.15) is 6.61 Å². The van der Waals surface area contributed by atoms with Gasteiger partial charge in [0.05, 0.1) is 6.26 Å². The Kier molecular flexibility index (Phi) is 1.60. The summed E-state index contributed by atoms with van der Waals surface area (Å²) >= 11 is 0. The molecule has 70 valence electrons. The third-order valence-electron chi connectivity index (χ3n) is 2.73. The van der Waals surface area contributed by atoms with E-state index in [1.807, 2.05) is 12.5 Å². The molecule has 1 atom stereocenters. The second kappa shape index (κ2) is 2.91. The molecule has 14 heavy (non-hydrogen) atoms. The van der Waals surface area contributed by atoms with Gasteiger partial charge in [-0.2, -0.15) is 0 Å². The van der Waals surface area contributed by atoms with Gasteiger partial charge < -0.3 is 10.1 Å². The van der Waals surface area contributed by atoms with Crippen molar-refractivity contribution >= 4 is 0 Å². The standard InChI is InChI=1S/C12H11NO/c1-2-9-6-13-5-4-11-8-14-7-10(3-1)12(9)11/h1-6,8,12-13H,7H2. The van der Waals surface area contributed by atoms with Gasteiger partial charge in [0.2, 0.25) is 0 Å². The topological polar surface area (TPSA) is 21.3 Å². The highest BCUT2D eigenvalue weighted by molar-refractivity contribution is 5.49. The highest BCUT2D eigenvalue weighted by Crippen LogP contribution is 2.36. The Morgan fingerprint density at radius 3 is 3.29 bits per heavy atom. The first-order chi connectivity index (χ1) is 6.95. The molecule has 0 aromatic carbocycles. The lowest BCUT2D eigenvalue weighted by atomic mass is 9.81. The van der Waals surface area contributed by atoms with Crippen molar-refractivity contribution < 1.29 is 4.74 Å². The first kappa shape index (κ1) is 7.68. The molecular formula is C12H11NO. The van der Waals surface area contributed by atoms with Crippen molar-refractivity contribution in [2.24, 2.45) is 5.92 Å². The second-order valence-electron chi connectivity index (χ2n) is 3.61. The maximum Gasteiger partial charge on any atom is 0.110 e. The van der Waals surface area contributed by atoms with E-state index in [0.717, 1.165) is 0 Å². The maximum atomic E-state index is 5.41. The SMILES string of the molecule is C1=CC2=CNC=CC3=COCC(=C1)C23. The Morgan fingerprint density at radius 1 is 1.29 bits per heavy atom. The van der Waals surface area contributed by atoms with E-state index >= 15 is 0 Å². The smallest absolute Gasteiger partial charge is 0.110 e. The molecule has 0 fully saturated rings. The highest BCUT2D eigenvalue weighted by atomic mass is 16.5. The summed E-state index contributed by atoms with van der Waals surface area (Å²) in [5.41, 5.74) is 3.87. The molecule has 3 aliphatic rings. The molecule has 0 spiro atoms. The van der Waals surface area contributed by atoms with Crippen molar-refractivity contribution in [1.29, 1.82) is 0 Å². The second-order valence-corrected chi connectivity index (χ2v) is 3.61. The van der Waals surface area contributed by atoms with Crippen molar-refractivity contribution in [3.8, 4) is 0 Å². The van der Waals surface area contributed by atoms with Crippen molar-refractivity contribution in [3.05, 3.63) is 59.7 Å². The Hall–Kier alpha value is -1.70. The van der Waals surface area contributed by atoms with Gasteiger partial charge in [-0.15, -0.1) is 0 Å². The third kappa shape index (κ3) is 1.04. The van der Waals surface area contributed by atoms with Crippen LogP contribution in [0.3, 0.4) is 0 Å². The van der Waals surface area contributed by atoms with Crippen molar-refractivity contribution in [2.45, 2.75) is 0 Å². The predicted molar refractivity (Wildman–Crippen MR) is 55.1 cm³/mol. The lowest BCUT2D eigenvalue weighted by Crippen LogP contribution is -2.18. The molecule has 0 bridgehead atoms. The Bertz CT molecular complexity index is 410. The molecule has 2 aliphatic heterocycles. The Morgan fingerprint density at radius 2 is 2.29 bits per heavy atom. The summed E-state index contributed by atoms with van der Waals surface area (Å²) in [6, 6.07) is 0. The number of rotatable bonds is 0. The zero-order chi connectivity index (χ0) is 9.38. The predicted octanol–water partition coefficient (Wildman–Crippen LogP) is 2.01. The van der Waals surface area contributed by atoms with E-state index in [-0.39, 0.29) is 0 Å². The number of hydrogen-bond acceptors (Lipinski definition) is 2. The molecule has 1 N–H and O–H groups in total. The van der Waals surface area contributed by atoms with Crippen LogP contribution in [0.4, 0.5) is 0 Å². The van der Waals surface area contributed by atoms with Crippen LogP contribution in [0.25, 0.3) is 0 Å². The molecule has 0 radical (unpaired) electrons. The van der Waals surface area contributed by atoms with E-state index in [4.69, 9.17) is 4.74 Å². The van der Waals surface area contributed by atoms with E-state index in [0.29, 0.717) is 12.5 Å². The fourth-order valence-corrected chi connectivity index (χ4v) is 2.09. The number of nitrogens with one attached hydrogen (secondary N) is 1. The van der Waals surface area contributed by atoms with Crippen LogP contribution in [-0.4, -0.2) is 6.61 Å². The fraction of sp³-hybridized carbons (Fsp3) is 0.167. The maximum absolute atomic E-state index is 5.41. The van der Waals surface area contributed by atoms with Gasteiger partial charge in [-0.3, -0.25) is 0 Å². The van der Waals surface area contributed by atoms with E-state index in [1.165, 1.54) is 16.7 Å². The van der Waals surface area contributed by atoms with Gasteiger partial charge in [-0.1, -0.05) is 18.2 Å². The minimum Gasteiger partial charge on any atom is -0.496 e.